The summed E-state index contributed by atoms with van der Waals surface area (Å²) in [6.45, 7) is 0. The van der Waals surface area contributed by atoms with Gasteiger partial charge in [0.15, 0.2) is 5.82 Å². The van der Waals surface area contributed by atoms with Crippen molar-refractivity contribution < 1.29 is 0 Å². The third-order valence-electron chi connectivity index (χ3n) is 7.83. The molecule has 0 saturated carbocycles. The van der Waals surface area contributed by atoms with Crippen molar-refractivity contribution in [1.82, 2.24) is 9.97 Å². The van der Waals surface area contributed by atoms with Crippen LogP contribution >= 0.6 is 0 Å². The van der Waals surface area contributed by atoms with Gasteiger partial charge in [0.05, 0.1) is 28.0 Å². The highest BCUT2D eigenvalue weighted by Gasteiger charge is 2.28. The highest BCUT2D eigenvalue weighted by Crippen LogP contribution is 2.50. The molecule has 0 unspecified atom stereocenters. The Labute approximate surface area is 239 Å². The average molecular weight is 524 g/mol. The molecular formula is C38H25N3. The third kappa shape index (κ3) is 3.98. The second-order valence-corrected chi connectivity index (χ2v) is 10.3. The van der Waals surface area contributed by atoms with Gasteiger partial charge in [-0.1, -0.05) is 121 Å². The van der Waals surface area contributed by atoms with E-state index >= 15 is 0 Å². The lowest BCUT2D eigenvalue weighted by atomic mass is 9.95. The maximum Gasteiger partial charge on any atom is 0.160 e. The maximum atomic E-state index is 5.12. The predicted molar refractivity (Wildman–Crippen MR) is 170 cm³/mol. The van der Waals surface area contributed by atoms with Crippen LogP contribution in [0.2, 0.25) is 0 Å². The Hall–Kier alpha value is -5.54. The molecule has 192 valence electrons. The summed E-state index contributed by atoms with van der Waals surface area (Å²) >= 11 is 0. The van der Waals surface area contributed by atoms with Gasteiger partial charge >= 0.3 is 0 Å². The van der Waals surface area contributed by atoms with E-state index in [9.17, 15) is 0 Å². The topological polar surface area (TPSA) is 29.0 Å². The van der Waals surface area contributed by atoms with Crippen molar-refractivity contribution in [3.8, 4) is 44.9 Å². The molecule has 1 aliphatic heterocycles. The van der Waals surface area contributed by atoms with E-state index in [1.165, 1.54) is 22.3 Å². The molecule has 2 heterocycles. The lowest BCUT2D eigenvalue weighted by molar-refractivity contribution is 1.20. The zero-order valence-electron chi connectivity index (χ0n) is 22.3. The van der Waals surface area contributed by atoms with E-state index in [0.717, 1.165) is 50.6 Å². The molecule has 8 rings (SSSR count). The number of fused-ring (bicyclic) bond motifs is 2. The summed E-state index contributed by atoms with van der Waals surface area (Å²) in [7, 11) is 0. The largest absolute Gasteiger partial charge is 0.309 e. The zero-order valence-corrected chi connectivity index (χ0v) is 22.3. The highest BCUT2D eigenvalue weighted by atomic mass is 15.2. The Morgan fingerprint density at radius 1 is 0.390 bits per heavy atom. The Kier molecular flexibility index (Phi) is 5.46. The summed E-state index contributed by atoms with van der Waals surface area (Å²) in [5.74, 6) is 0.746. The number of rotatable bonds is 4. The van der Waals surface area contributed by atoms with Crippen molar-refractivity contribution in [3.63, 3.8) is 0 Å². The van der Waals surface area contributed by atoms with Crippen LogP contribution in [0.5, 0.6) is 0 Å². The SMILES string of the molecule is c1ccc(-c2ccc(-c3ccc(N4c5ccccc5-c5nc(-c6ccccc6)nc6cccc4c56)cc3)cc2)cc1. The van der Waals surface area contributed by atoms with E-state index in [2.05, 4.69) is 132 Å². The van der Waals surface area contributed by atoms with Gasteiger partial charge in [-0.15, -0.1) is 0 Å². The van der Waals surface area contributed by atoms with Crippen molar-refractivity contribution in [1.29, 1.82) is 0 Å². The number of anilines is 3. The lowest BCUT2D eigenvalue weighted by Gasteiger charge is -2.33. The fraction of sp³-hybridized carbons (Fsp3) is 0. The van der Waals surface area contributed by atoms with Crippen LogP contribution in [0.15, 0.2) is 152 Å². The zero-order chi connectivity index (χ0) is 27.2. The summed E-state index contributed by atoms with van der Waals surface area (Å²) < 4.78 is 0. The van der Waals surface area contributed by atoms with E-state index in [0.29, 0.717) is 0 Å². The van der Waals surface area contributed by atoms with Crippen LogP contribution in [0, 0.1) is 0 Å². The standard InChI is InChI=1S/C38H25N3/c1-3-10-26(11-4-1)27-18-20-28(21-19-27)29-22-24-31(25-23-29)41-34-16-8-7-14-32(34)37-36-33(15-9-17-35(36)41)39-38(40-37)30-12-5-2-6-13-30/h1-25H. The Balaban J connectivity index is 1.21. The Bertz CT molecular complexity index is 2010. The Morgan fingerprint density at radius 3 is 1.61 bits per heavy atom. The lowest BCUT2D eigenvalue weighted by Crippen LogP contribution is -2.16. The van der Waals surface area contributed by atoms with Crippen molar-refractivity contribution in [2.75, 3.05) is 4.90 Å². The normalized spacial score (nSPS) is 11.9. The molecule has 1 aliphatic rings. The van der Waals surface area contributed by atoms with Gasteiger partial charge in [0.1, 0.15) is 0 Å². The first-order valence-electron chi connectivity index (χ1n) is 13.9. The van der Waals surface area contributed by atoms with Crippen molar-refractivity contribution in [2.24, 2.45) is 0 Å². The number of hydrogen-bond acceptors (Lipinski definition) is 3. The number of hydrogen-bond donors (Lipinski definition) is 0. The fourth-order valence-electron chi connectivity index (χ4n) is 5.83. The van der Waals surface area contributed by atoms with Gasteiger partial charge in [0, 0.05) is 16.8 Å². The third-order valence-corrected chi connectivity index (χ3v) is 7.83. The molecule has 0 fully saturated rings. The van der Waals surface area contributed by atoms with Gasteiger partial charge in [-0.3, -0.25) is 0 Å². The van der Waals surface area contributed by atoms with Gasteiger partial charge in [-0.05, 0) is 52.6 Å². The van der Waals surface area contributed by atoms with Crippen molar-refractivity contribution in [2.45, 2.75) is 0 Å². The van der Waals surface area contributed by atoms with Gasteiger partial charge < -0.3 is 4.90 Å². The quantitative estimate of drug-likeness (QED) is 0.230. The summed E-state index contributed by atoms with van der Waals surface area (Å²) in [4.78, 5) is 12.4. The first kappa shape index (κ1) is 23.4. The molecule has 0 bridgehead atoms. The van der Waals surface area contributed by atoms with E-state index in [-0.39, 0.29) is 0 Å². The summed E-state index contributed by atoms with van der Waals surface area (Å²) in [6, 6.07) is 53.2. The van der Waals surface area contributed by atoms with Gasteiger partial charge in [0.25, 0.3) is 0 Å². The minimum absolute atomic E-state index is 0.746. The highest BCUT2D eigenvalue weighted by molar-refractivity contribution is 6.11. The van der Waals surface area contributed by atoms with E-state index in [4.69, 9.17) is 9.97 Å². The van der Waals surface area contributed by atoms with Crippen molar-refractivity contribution in [3.05, 3.63) is 152 Å². The number of para-hydroxylation sites is 1. The predicted octanol–water partition coefficient (Wildman–Crippen LogP) is 10.1. The van der Waals surface area contributed by atoms with Crippen LogP contribution in [0.4, 0.5) is 17.1 Å². The molecule has 0 radical (unpaired) electrons. The first-order chi connectivity index (χ1) is 20.3. The molecule has 7 aromatic rings. The minimum atomic E-state index is 0.746. The molecule has 0 saturated heterocycles. The number of nitrogens with zero attached hydrogens (tertiary/aromatic N) is 3. The average Bonchev–Trinajstić information content (AvgIpc) is 3.06. The molecular weight excluding hydrogens is 498 g/mol. The number of benzene rings is 6. The molecule has 0 atom stereocenters. The number of aromatic nitrogens is 2. The van der Waals surface area contributed by atoms with Gasteiger partial charge in [0.2, 0.25) is 0 Å². The molecule has 0 N–H and O–H groups in total. The van der Waals surface area contributed by atoms with Crippen LogP contribution < -0.4 is 4.90 Å². The maximum absolute atomic E-state index is 5.12. The van der Waals surface area contributed by atoms with E-state index < -0.39 is 0 Å². The molecule has 0 amide bonds. The molecule has 0 aliphatic carbocycles. The summed E-state index contributed by atoms with van der Waals surface area (Å²) in [5.41, 5.74) is 12.2. The van der Waals surface area contributed by atoms with Crippen LogP contribution in [0.1, 0.15) is 0 Å². The minimum Gasteiger partial charge on any atom is -0.309 e. The molecule has 1 aromatic heterocycles. The molecule has 3 nitrogen and oxygen atoms in total. The monoisotopic (exact) mass is 523 g/mol. The van der Waals surface area contributed by atoms with Crippen molar-refractivity contribution >= 4 is 28.0 Å². The second kappa shape index (κ2) is 9.58. The molecule has 6 aromatic carbocycles. The van der Waals surface area contributed by atoms with E-state index in [1.807, 2.05) is 24.3 Å². The van der Waals surface area contributed by atoms with Gasteiger partial charge in [-0.25, -0.2) is 9.97 Å². The van der Waals surface area contributed by atoms with Crippen LogP contribution in [0.3, 0.4) is 0 Å². The molecule has 3 heteroatoms. The Morgan fingerprint density at radius 2 is 0.927 bits per heavy atom. The smallest absolute Gasteiger partial charge is 0.160 e. The molecule has 0 spiro atoms. The van der Waals surface area contributed by atoms with Crippen LogP contribution in [-0.4, -0.2) is 9.97 Å². The first-order valence-corrected chi connectivity index (χ1v) is 13.9. The van der Waals surface area contributed by atoms with Crippen LogP contribution in [0.25, 0.3) is 55.8 Å². The van der Waals surface area contributed by atoms with Gasteiger partial charge in [-0.2, -0.15) is 0 Å². The van der Waals surface area contributed by atoms with E-state index in [1.54, 1.807) is 0 Å². The summed E-state index contributed by atoms with van der Waals surface area (Å²) in [5, 5.41) is 1.08. The van der Waals surface area contributed by atoms with Crippen LogP contribution in [-0.2, 0) is 0 Å². The second-order valence-electron chi connectivity index (χ2n) is 10.3. The fourth-order valence-corrected chi connectivity index (χ4v) is 5.83. The summed E-state index contributed by atoms with van der Waals surface area (Å²) in [6.07, 6.45) is 0. The molecule has 41 heavy (non-hydrogen) atoms.